The first-order valence-electron chi connectivity index (χ1n) is 5.82. The molecule has 2 rings (SSSR count). The van der Waals surface area contributed by atoms with Crippen molar-refractivity contribution in [3.63, 3.8) is 0 Å². The van der Waals surface area contributed by atoms with E-state index in [9.17, 15) is 0 Å². The lowest BCUT2D eigenvalue weighted by Crippen LogP contribution is -2.42. The SMILES string of the molecule is CC(C)OCCC1CC2(CCC2)C1. The van der Waals surface area contributed by atoms with Gasteiger partial charge in [0.15, 0.2) is 0 Å². The third-order valence-electron chi connectivity index (χ3n) is 3.83. The van der Waals surface area contributed by atoms with Crippen LogP contribution < -0.4 is 0 Å². The quantitative estimate of drug-likeness (QED) is 0.647. The summed E-state index contributed by atoms with van der Waals surface area (Å²) in [6.45, 7) is 5.22. The maximum absolute atomic E-state index is 5.57. The van der Waals surface area contributed by atoms with Crippen molar-refractivity contribution in [1.29, 1.82) is 0 Å². The second-order valence-electron chi connectivity index (χ2n) is 5.34. The van der Waals surface area contributed by atoms with Crippen LogP contribution in [0.15, 0.2) is 0 Å². The molecule has 1 heteroatoms. The Morgan fingerprint density at radius 3 is 2.46 bits per heavy atom. The third kappa shape index (κ3) is 2.07. The van der Waals surface area contributed by atoms with Crippen molar-refractivity contribution in [3.8, 4) is 0 Å². The maximum Gasteiger partial charge on any atom is 0.0518 e. The van der Waals surface area contributed by atoms with E-state index in [0.29, 0.717) is 6.10 Å². The summed E-state index contributed by atoms with van der Waals surface area (Å²) in [5, 5.41) is 0. The van der Waals surface area contributed by atoms with E-state index in [0.717, 1.165) is 17.9 Å². The molecule has 0 heterocycles. The van der Waals surface area contributed by atoms with Gasteiger partial charge in [-0.05, 0) is 57.3 Å². The Bertz CT molecular complexity index is 162. The molecule has 0 aromatic rings. The lowest BCUT2D eigenvalue weighted by Gasteiger charge is -2.54. The molecule has 1 nitrogen and oxygen atoms in total. The summed E-state index contributed by atoms with van der Waals surface area (Å²) < 4.78 is 5.57. The molecule has 0 atom stereocenters. The van der Waals surface area contributed by atoms with Crippen LogP contribution in [-0.4, -0.2) is 12.7 Å². The van der Waals surface area contributed by atoms with E-state index in [2.05, 4.69) is 13.8 Å². The zero-order valence-electron chi connectivity index (χ0n) is 9.01. The van der Waals surface area contributed by atoms with Gasteiger partial charge in [0.25, 0.3) is 0 Å². The molecule has 13 heavy (non-hydrogen) atoms. The van der Waals surface area contributed by atoms with Crippen LogP contribution in [0.1, 0.15) is 52.4 Å². The van der Waals surface area contributed by atoms with Gasteiger partial charge in [-0.2, -0.15) is 0 Å². The van der Waals surface area contributed by atoms with Crippen LogP contribution in [-0.2, 0) is 4.74 Å². The van der Waals surface area contributed by atoms with Crippen LogP contribution in [0.3, 0.4) is 0 Å². The Morgan fingerprint density at radius 1 is 1.31 bits per heavy atom. The van der Waals surface area contributed by atoms with Crippen molar-refractivity contribution in [2.45, 2.75) is 58.5 Å². The zero-order chi connectivity index (χ0) is 9.31. The predicted octanol–water partition coefficient (Wildman–Crippen LogP) is 3.38. The molecule has 0 N–H and O–H groups in total. The molecule has 0 unspecified atom stereocenters. The maximum atomic E-state index is 5.57. The van der Waals surface area contributed by atoms with Gasteiger partial charge in [0.2, 0.25) is 0 Å². The molecule has 0 bridgehead atoms. The van der Waals surface area contributed by atoms with Gasteiger partial charge in [0, 0.05) is 6.61 Å². The van der Waals surface area contributed by atoms with Crippen molar-refractivity contribution in [2.24, 2.45) is 11.3 Å². The molecule has 0 saturated heterocycles. The first-order chi connectivity index (χ1) is 6.20. The number of hydrogen-bond acceptors (Lipinski definition) is 1. The van der Waals surface area contributed by atoms with Crippen LogP contribution in [0.2, 0.25) is 0 Å². The van der Waals surface area contributed by atoms with Crippen molar-refractivity contribution in [2.75, 3.05) is 6.61 Å². The Labute approximate surface area is 81.9 Å². The lowest BCUT2D eigenvalue weighted by molar-refractivity contribution is -0.0423. The van der Waals surface area contributed by atoms with Crippen LogP contribution in [0, 0.1) is 11.3 Å². The van der Waals surface area contributed by atoms with E-state index in [1.807, 2.05) is 0 Å². The highest BCUT2D eigenvalue weighted by molar-refractivity contribution is 4.98. The summed E-state index contributed by atoms with van der Waals surface area (Å²) in [6, 6.07) is 0. The molecule has 0 aliphatic heterocycles. The smallest absolute Gasteiger partial charge is 0.0518 e. The van der Waals surface area contributed by atoms with Gasteiger partial charge in [0.05, 0.1) is 6.10 Å². The lowest BCUT2D eigenvalue weighted by atomic mass is 9.51. The minimum absolute atomic E-state index is 0.415. The van der Waals surface area contributed by atoms with E-state index in [-0.39, 0.29) is 0 Å². The van der Waals surface area contributed by atoms with E-state index >= 15 is 0 Å². The number of rotatable bonds is 4. The zero-order valence-corrected chi connectivity index (χ0v) is 9.01. The fourth-order valence-electron chi connectivity index (χ4n) is 2.92. The first-order valence-corrected chi connectivity index (χ1v) is 5.82. The summed E-state index contributed by atoms with van der Waals surface area (Å²) in [4.78, 5) is 0. The molecule has 0 radical (unpaired) electrons. The molecule has 76 valence electrons. The van der Waals surface area contributed by atoms with Gasteiger partial charge in [0.1, 0.15) is 0 Å². The Hall–Kier alpha value is -0.0400. The molecular formula is C12H22O. The second-order valence-corrected chi connectivity index (χ2v) is 5.34. The third-order valence-corrected chi connectivity index (χ3v) is 3.83. The van der Waals surface area contributed by atoms with Crippen molar-refractivity contribution in [3.05, 3.63) is 0 Å². The van der Waals surface area contributed by atoms with Gasteiger partial charge in [-0.15, -0.1) is 0 Å². The molecule has 2 fully saturated rings. The molecular weight excluding hydrogens is 160 g/mol. The Kier molecular flexibility index (Phi) is 2.64. The van der Waals surface area contributed by atoms with Crippen molar-refractivity contribution in [1.82, 2.24) is 0 Å². The number of hydrogen-bond donors (Lipinski definition) is 0. The highest BCUT2D eigenvalue weighted by Gasteiger charge is 2.47. The minimum atomic E-state index is 0.415. The Morgan fingerprint density at radius 2 is 2.00 bits per heavy atom. The largest absolute Gasteiger partial charge is 0.379 e. The molecule has 0 amide bonds. The summed E-state index contributed by atoms with van der Waals surface area (Å²) in [6.07, 6.45) is 9.28. The summed E-state index contributed by atoms with van der Waals surface area (Å²) in [7, 11) is 0. The molecule has 2 aliphatic carbocycles. The predicted molar refractivity (Wildman–Crippen MR) is 54.7 cm³/mol. The summed E-state index contributed by atoms with van der Waals surface area (Å²) in [5.41, 5.74) is 0.850. The minimum Gasteiger partial charge on any atom is -0.379 e. The van der Waals surface area contributed by atoms with Crippen LogP contribution >= 0.6 is 0 Å². The van der Waals surface area contributed by atoms with Gasteiger partial charge in [-0.1, -0.05) is 6.42 Å². The van der Waals surface area contributed by atoms with Crippen LogP contribution in [0.5, 0.6) is 0 Å². The summed E-state index contributed by atoms with van der Waals surface area (Å²) >= 11 is 0. The van der Waals surface area contributed by atoms with E-state index in [1.165, 1.54) is 38.5 Å². The van der Waals surface area contributed by atoms with Gasteiger partial charge < -0.3 is 4.74 Å². The first kappa shape index (κ1) is 9.51. The van der Waals surface area contributed by atoms with Gasteiger partial charge in [-0.25, -0.2) is 0 Å². The second kappa shape index (κ2) is 3.61. The van der Waals surface area contributed by atoms with E-state index in [1.54, 1.807) is 0 Å². The van der Waals surface area contributed by atoms with Gasteiger partial charge >= 0.3 is 0 Å². The molecule has 2 saturated carbocycles. The average molecular weight is 182 g/mol. The molecule has 2 aliphatic rings. The average Bonchev–Trinajstić information content (AvgIpc) is 1.89. The fourth-order valence-corrected chi connectivity index (χ4v) is 2.92. The molecule has 0 aromatic carbocycles. The van der Waals surface area contributed by atoms with Gasteiger partial charge in [-0.3, -0.25) is 0 Å². The highest BCUT2D eigenvalue weighted by Crippen LogP contribution is 2.59. The number of ether oxygens (including phenoxy) is 1. The monoisotopic (exact) mass is 182 g/mol. The summed E-state index contributed by atoms with van der Waals surface area (Å²) in [5.74, 6) is 0.999. The molecule has 0 aromatic heterocycles. The van der Waals surface area contributed by atoms with E-state index < -0.39 is 0 Å². The highest BCUT2D eigenvalue weighted by atomic mass is 16.5. The van der Waals surface area contributed by atoms with E-state index in [4.69, 9.17) is 4.74 Å². The van der Waals surface area contributed by atoms with Crippen LogP contribution in [0.25, 0.3) is 0 Å². The topological polar surface area (TPSA) is 9.23 Å². The van der Waals surface area contributed by atoms with Crippen molar-refractivity contribution >= 4 is 0 Å². The standard InChI is InChI=1S/C12H22O/c1-10(2)13-7-4-11-8-12(9-11)5-3-6-12/h10-11H,3-9H2,1-2H3. The Balaban J connectivity index is 1.54. The van der Waals surface area contributed by atoms with Crippen LogP contribution in [0.4, 0.5) is 0 Å². The normalized spacial score (nSPS) is 26.1. The fraction of sp³-hybridized carbons (Fsp3) is 1.00. The molecule has 1 spiro atoms. The van der Waals surface area contributed by atoms with Crippen molar-refractivity contribution < 1.29 is 4.74 Å².